The van der Waals surface area contributed by atoms with Crippen molar-refractivity contribution in [2.75, 3.05) is 6.61 Å². The normalized spacial score (nSPS) is 49.1. The van der Waals surface area contributed by atoms with Gasteiger partial charge in [-0.25, -0.2) is 4.79 Å². The van der Waals surface area contributed by atoms with Crippen molar-refractivity contribution in [2.45, 2.75) is 140 Å². The van der Waals surface area contributed by atoms with Gasteiger partial charge in [0.15, 0.2) is 12.1 Å². The molecule has 0 unspecified atom stereocenters. The van der Waals surface area contributed by atoms with Crippen molar-refractivity contribution in [2.24, 2.45) is 22.7 Å². The van der Waals surface area contributed by atoms with Crippen LogP contribution in [-0.4, -0.2) is 103 Å². The molecule has 1 aliphatic heterocycles. The van der Waals surface area contributed by atoms with Crippen LogP contribution in [0.15, 0.2) is 23.3 Å². The van der Waals surface area contributed by atoms with Crippen LogP contribution in [0.3, 0.4) is 0 Å². The SMILES string of the molecule is CC(=O)[C@]1(O)CC[C@@]2(O)[C@]1(C)[C@H](OC(=O)/C=C(\C)C(C)C)C[C@@H]1[C@@]3(C)CC[C@H](O[C@@H]4OC[C@@H](O)[C@H](O)[C@H]4O)CC3=CC[C@]12O. The molecular formula is C33H50O11. The van der Waals surface area contributed by atoms with Gasteiger partial charge in [-0.2, -0.15) is 0 Å². The lowest BCUT2D eigenvalue weighted by atomic mass is 9.42. The highest BCUT2D eigenvalue weighted by atomic mass is 16.7. The highest BCUT2D eigenvalue weighted by molar-refractivity contribution is 5.87. The molecule has 0 aromatic rings. The number of aliphatic hydroxyl groups is 6. The number of aliphatic hydroxyl groups excluding tert-OH is 3. The predicted molar refractivity (Wildman–Crippen MR) is 157 cm³/mol. The molecule has 5 rings (SSSR count). The second-order valence-corrected chi connectivity index (χ2v) is 14.8. The van der Waals surface area contributed by atoms with E-state index < -0.39 is 76.0 Å². The Labute approximate surface area is 258 Å². The van der Waals surface area contributed by atoms with Gasteiger partial charge in [0, 0.05) is 12.0 Å². The molecule has 1 heterocycles. The number of allylic oxidation sites excluding steroid dienone is 1. The quantitative estimate of drug-likeness (QED) is 0.143. The first-order chi connectivity index (χ1) is 20.4. The Morgan fingerprint density at radius 3 is 2.36 bits per heavy atom. The maximum atomic E-state index is 13.2. The van der Waals surface area contributed by atoms with E-state index in [2.05, 4.69) is 0 Å². The summed E-state index contributed by atoms with van der Waals surface area (Å²) in [5, 5.41) is 67.3. The van der Waals surface area contributed by atoms with Crippen molar-refractivity contribution in [1.29, 1.82) is 0 Å². The number of fused-ring (bicyclic) bond motifs is 5. The molecule has 248 valence electrons. The molecule has 6 N–H and O–H groups in total. The van der Waals surface area contributed by atoms with Crippen LogP contribution >= 0.6 is 0 Å². The van der Waals surface area contributed by atoms with Gasteiger partial charge >= 0.3 is 5.97 Å². The first-order valence-corrected chi connectivity index (χ1v) is 15.9. The molecule has 11 nitrogen and oxygen atoms in total. The average Bonchev–Trinajstić information content (AvgIpc) is 3.19. The van der Waals surface area contributed by atoms with Gasteiger partial charge in [-0.15, -0.1) is 0 Å². The van der Waals surface area contributed by atoms with Crippen LogP contribution in [0.2, 0.25) is 0 Å². The number of hydrogen-bond acceptors (Lipinski definition) is 11. The second-order valence-electron chi connectivity index (χ2n) is 14.8. The zero-order valence-electron chi connectivity index (χ0n) is 26.7. The van der Waals surface area contributed by atoms with Crippen LogP contribution in [0, 0.1) is 22.7 Å². The Morgan fingerprint density at radius 2 is 1.73 bits per heavy atom. The van der Waals surface area contributed by atoms with Crippen LogP contribution in [0.25, 0.3) is 0 Å². The minimum absolute atomic E-state index is 0.0441. The number of ketones is 1. The Bertz CT molecular complexity index is 1230. The van der Waals surface area contributed by atoms with E-state index in [-0.39, 0.29) is 44.3 Å². The molecule has 5 aliphatic rings. The van der Waals surface area contributed by atoms with Gasteiger partial charge in [-0.3, -0.25) is 4.79 Å². The first-order valence-electron chi connectivity index (χ1n) is 15.9. The van der Waals surface area contributed by atoms with Gasteiger partial charge in [-0.05, 0) is 77.0 Å². The number of ether oxygens (including phenoxy) is 3. The second kappa shape index (κ2) is 11.2. The number of Topliss-reactive ketones (excluding diaryl/α,β-unsaturated/α-hetero) is 1. The van der Waals surface area contributed by atoms with Gasteiger partial charge in [0.1, 0.15) is 41.2 Å². The molecule has 0 radical (unpaired) electrons. The monoisotopic (exact) mass is 622 g/mol. The van der Waals surface area contributed by atoms with E-state index in [1.54, 1.807) is 6.92 Å². The summed E-state index contributed by atoms with van der Waals surface area (Å²) in [5.41, 5.74) is -6.20. The van der Waals surface area contributed by atoms with Crippen LogP contribution in [0.5, 0.6) is 0 Å². The molecule has 0 spiro atoms. The van der Waals surface area contributed by atoms with Crippen molar-refractivity contribution in [3.63, 3.8) is 0 Å². The molecule has 4 fully saturated rings. The van der Waals surface area contributed by atoms with E-state index in [0.29, 0.717) is 19.3 Å². The lowest BCUT2D eigenvalue weighted by Gasteiger charge is -2.67. The van der Waals surface area contributed by atoms with Crippen LogP contribution in [0.1, 0.15) is 86.5 Å². The summed E-state index contributed by atoms with van der Waals surface area (Å²) in [6.07, 6.45) is -1.66. The molecule has 4 aliphatic carbocycles. The molecule has 12 atom stereocenters. The zero-order valence-corrected chi connectivity index (χ0v) is 26.7. The lowest BCUT2D eigenvalue weighted by Crippen LogP contribution is -2.78. The molecule has 11 heteroatoms. The fourth-order valence-electron chi connectivity index (χ4n) is 9.09. The fourth-order valence-corrected chi connectivity index (χ4v) is 9.09. The summed E-state index contributed by atoms with van der Waals surface area (Å²) in [7, 11) is 0. The summed E-state index contributed by atoms with van der Waals surface area (Å²) in [4.78, 5) is 26.3. The van der Waals surface area contributed by atoms with E-state index in [9.17, 15) is 40.2 Å². The number of rotatable bonds is 6. The van der Waals surface area contributed by atoms with Gasteiger partial charge in [0.25, 0.3) is 0 Å². The van der Waals surface area contributed by atoms with E-state index in [1.807, 2.05) is 33.8 Å². The Morgan fingerprint density at radius 1 is 1.05 bits per heavy atom. The molecule has 0 amide bonds. The summed E-state index contributed by atoms with van der Waals surface area (Å²) in [5.74, 6) is -1.65. The summed E-state index contributed by atoms with van der Waals surface area (Å²) in [6, 6.07) is 0. The Balaban J connectivity index is 1.48. The van der Waals surface area contributed by atoms with Crippen LogP contribution in [0.4, 0.5) is 0 Å². The van der Waals surface area contributed by atoms with E-state index in [1.165, 1.54) is 13.0 Å². The molecule has 1 saturated heterocycles. The third-order valence-corrected chi connectivity index (χ3v) is 12.4. The smallest absolute Gasteiger partial charge is 0.330 e. The van der Waals surface area contributed by atoms with Crippen molar-refractivity contribution in [1.82, 2.24) is 0 Å². The third-order valence-electron chi connectivity index (χ3n) is 12.4. The minimum atomic E-state index is -2.01. The van der Waals surface area contributed by atoms with Crippen molar-refractivity contribution < 1.29 is 54.4 Å². The molecule has 0 bridgehead atoms. The number of esters is 1. The summed E-state index contributed by atoms with van der Waals surface area (Å²) in [6.45, 7) is 10.4. The third kappa shape index (κ3) is 4.68. The van der Waals surface area contributed by atoms with Crippen molar-refractivity contribution in [3.05, 3.63) is 23.3 Å². The van der Waals surface area contributed by atoms with E-state index in [0.717, 1.165) is 11.1 Å². The topological polar surface area (TPSA) is 183 Å². The summed E-state index contributed by atoms with van der Waals surface area (Å²) < 4.78 is 17.6. The van der Waals surface area contributed by atoms with Crippen molar-refractivity contribution >= 4 is 11.8 Å². The van der Waals surface area contributed by atoms with E-state index in [4.69, 9.17) is 14.2 Å². The molecule has 44 heavy (non-hydrogen) atoms. The Hall–Kier alpha value is -1.70. The number of carbonyl (C=O) groups excluding carboxylic acids is 2. The van der Waals surface area contributed by atoms with Gasteiger partial charge in [0.2, 0.25) is 0 Å². The number of hydrogen-bond donors (Lipinski definition) is 6. The van der Waals surface area contributed by atoms with Crippen LogP contribution < -0.4 is 0 Å². The highest BCUT2D eigenvalue weighted by Gasteiger charge is 2.81. The first kappa shape index (κ1) is 33.7. The fraction of sp³-hybridized carbons (Fsp3) is 0.818. The maximum Gasteiger partial charge on any atom is 0.330 e. The molecular weight excluding hydrogens is 572 g/mol. The molecule has 3 saturated carbocycles. The highest BCUT2D eigenvalue weighted by Crippen LogP contribution is 2.71. The predicted octanol–water partition coefficient (Wildman–Crippen LogP) is 1.45. The molecule has 0 aromatic heterocycles. The van der Waals surface area contributed by atoms with Crippen LogP contribution in [-0.2, 0) is 23.8 Å². The van der Waals surface area contributed by atoms with Crippen molar-refractivity contribution in [3.8, 4) is 0 Å². The van der Waals surface area contributed by atoms with E-state index >= 15 is 0 Å². The maximum absolute atomic E-state index is 13.2. The van der Waals surface area contributed by atoms with Gasteiger partial charge < -0.3 is 44.8 Å². The largest absolute Gasteiger partial charge is 0.458 e. The Kier molecular flexibility index (Phi) is 8.59. The zero-order chi connectivity index (χ0) is 32.6. The average molecular weight is 623 g/mol. The molecule has 0 aromatic carbocycles. The number of carbonyl (C=O) groups is 2. The van der Waals surface area contributed by atoms with Gasteiger partial charge in [-0.1, -0.05) is 38.0 Å². The van der Waals surface area contributed by atoms with Gasteiger partial charge in [0.05, 0.1) is 18.1 Å². The standard InChI is InChI=1S/C33H50O11/c1-17(2)18(3)13-25(36)44-24-15-23-29(5)9-8-21(43-28-27(38)26(37)22(35)16-42-28)14-20(29)7-10-32(23,40)33(41)12-11-31(39,19(4)34)30(24,33)6/h7,13,17,21-24,26-28,35,37-41H,8-12,14-16H2,1-6H3/b18-13+/t21-,22+,23+,24+,26-,27+,28-,29-,30+,31+,32-,33+/m0/s1. The lowest BCUT2D eigenvalue weighted by molar-refractivity contribution is -0.315. The summed E-state index contributed by atoms with van der Waals surface area (Å²) >= 11 is 0. The minimum Gasteiger partial charge on any atom is -0.458 e.